The molecule has 0 aromatic carbocycles. The lowest BCUT2D eigenvalue weighted by molar-refractivity contribution is 0.501. The minimum absolute atomic E-state index is 0.314. The van der Waals surface area contributed by atoms with Crippen LogP contribution in [-0.4, -0.2) is 5.38 Å². The highest BCUT2D eigenvalue weighted by Gasteiger charge is 2.10. The summed E-state index contributed by atoms with van der Waals surface area (Å²) in [6.07, 6.45) is 3.40. The Morgan fingerprint density at radius 1 is 1.54 bits per heavy atom. The van der Waals surface area contributed by atoms with E-state index in [0.717, 1.165) is 18.8 Å². The van der Waals surface area contributed by atoms with Gasteiger partial charge in [-0.25, -0.2) is 0 Å². The van der Waals surface area contributed by atoms with Crippen molar-refractivity contribution in [3.63, 3.8) is 0 Å². The summed E-state index contributed by atoms with van der Waals surface area (Å²) in [5.74, 6) is 0.752. The first-order valence-corrected chi connectivity index (χ1v) is 6.20. The van der Waals surface area contributed by atoms with E-state index in [9.17, 15) is 0 Å². The molecule has 1 aromatic rings. The second-order valence-electron chi connectivity index (χ2n) is 3.63. The molecule has 2 heteroatoms. The van der Waals surface area contributed by atoms with E-state index in [-0.39, 0.29) is 0 Å². The Hall–Kier alpha value is -0.0100. The summed E-state index contributed by atoms with van der Waals surface area (Å²) in [7, 11) is 0. The van der Waals surface area contributed by atoms with E-state index in [4.69, 9.17) is 11.6 Å². The van der Waals surface area contributed by atoms with Crippen LogP contribution in [0.1, 0.15) is 31.6 Å². The zero-order valence-corrected chi connectivity index (χ0v) is 9.87. The molecule has 0 aliphatic rings. The van der Waals surface area contributed by atoms with Crippen LogP contribution in [-0.2, 0) is 6.42 Å². The van der Waals surface area contributed by atoms with Crippen LogP contribution < -0.4 is 0 Å². The SMILES string of the molecule is CCC(C)CC(Cl)Cc1cccs1. The van der Waals surface area contributed by atoms with Gasteiger partial charge >= 0.3 is 0 Å². The normalized spacial score (nSPS) is 15.6. The smallest absolute Gasteiger partial charge is 0.0386 e. The highest BCUT2D eigenvalue weighted by Crippen LogP contribution is 2.20. The van der Waals surface area contributed by atoms with Gasteiger partial charge in [-0.05, 0) is 30.2 Å². The summed E-state index contributed by atoms with van der Waals surface area (Å²) in [5.41, 5.74) is 0. The lowest BCUT2D eigenvalue weighted by Crippen LogP contribution is -2.07. The molecule has 1 aromatic heterocycles. The second-order valence-corrected chi connectivity index (χ2v) is 5.28. The predicted molar refractivity (Wildman–Crippen MR) is 61.7 cm³/mol. The fourth-order valence-electron chi connectivity index (χ4n) is 1.33. The van der Waals surface area contributed by atoms with Crippen molar-refractivity contribution in [3.05, 3.63) is 22.4 Å². The average Bonchev–Trinajstić information content (AvgIpc) is 2.56. The molecule has 1 heterocycles. The van der Waals surface area contributed by atoms with Gasteiger partial charge in [0.1, 0.15) is 0 Å². The Kier molecular flexibility index (Phi) is 4.82. The number of alkyl halides is 1. The monoisotopic (exact) mass is 216 g/mol. The number of thiophene rings is 1. The van der Waals surface area contributed by atoms with E-state index in [1.807, 2.05) is 0 Å². The molecule has 13 heavy (non-hydrogen) atoms. The van der Waals surface area contributed by atoms with Gasteiger partial charge in [0.05, 0.1) is 0 Å². The Labute approximate surface area is 89.9 Å². The Morgan fingerprint density at radius 2 is 2.31 bits per heavy atom. The maximum absolute atomic E-state index is 6.25. The molecule has 0 aliphatic heterocycles. The molecule has 0 bridgehead atoms. The number of halogens is 1. The molecule has 0 fully saturated rings. The van der Waals surface area contributed by atoms with Gasteiger partial charge in [-0.2, -0.15) is 0 Å². The molecule has 2 atom stereocenters. The lowest BCUT2D eigenvalue weighted by atomic mass is 10.0. The van der Waals surface area contributed by atoms with Gasteiger partial charge in [-0.3, -0.25) is 0 Å². The van der Waals surface area contributed by atoms with Crippen molar-refractivity contribution >= 4 is 22.9 Å². The fourth-order valence-corrected chi connectivity index (χ4v) is 2.68. The maximum Gasteiger partial charge on any atom is 0.0386 e. The molecule has 0 amide bonds. The first-order valence-electron chi connectivity index (χ1n) is 4.88. The molecule has 0 N–H and O–H groups in total. The molecule has 0 saturated carbocycles. The molecule has 0 nitrogen and oxygen atoms in total. The average molecular weight is 217 g/mol. The van der Waals surface area contributed by atoms with E-state index in [2.05, 4.69) is 31.4 Å². The van der Waals surface area contributed by atoms with Crippen LogP contribution in [0.2, 0.25) is 0 Å². The van der Waals surface area contributed by atoms with E-state index in [1.165, 1.54) is 11.3 Å². The highest BCUT2D eigenvalue weighted by molar-refractivity contribution is 7.09. The van der Waals surface area contributed by atoms with Gasteiger partial charge in [-0.1, -0.05) is 26.3 Å². The molecular formula is C11H17ClS. The molecule has 0 spiro atoms. The highest BCUT2D eigenvalue weighted by atomic mass is 35.5. The van der Waals surface area contributed by atoms with Crippen molar-refractivity contribution in [3.8, 4) is 0 Å². The van der Waals surface area contributed by atoms with E-state index < -0.39 is 0 Å². The molecule has 2 unspecified atom stereocenters. The predicted octanol–water partition coefficient (Wildman–Crippen LogP) is 4.33. The standard InChI is InChI=1S/C11H17ClS/c1-3-9(2)7-10(12)8-11-5-4-6-13-11/h4-6,9-10H,3,7-8H2,1-2H3. The second kappa shape index (κ2) is 5.66. The van der Waals surface area contributed by atoms with Crippen molar-refractivity contribution < 1.29 is 0 Å². The van der Waals surface area contributed by atoms with Gasteiger partial charge in [0.25, 0.3) is 0 Å². The molecule has 0 aliphatic carbocycles. The van der Waals surface area contributed by atoms with Crippen molar-refractivity contribution in [2.45, 2.75) is 38.5 Å². The first kappa shape index (κ1) is 11.1. The summed E-state index contributed by atoms with van der Waals surface area (Å²) >= 11 is 8.05. The number of hydrogen-bond acceptors (Lipinski definition) is 1. The number of rotatable bonds is 5. The van der Waals surface area contributed by atoms with Crippen molar-refractivity contribution in [1.29, 1.82) is 0 Å². The van der Waals surface area contributed by atoms with E-state index in [0.29, 0.717) is 5.38 Å². The summed E-state index contributed by atoms with van der Waals surface area (Å²) in [4.78, 5) is 1.41. The van der Waals surface area contributed by atoms with Crippen LogP contribution in [0.15, 0.2) is 17.5 Å². The topological polar surface area (TPSA) is 0 Å². The number of hydrogen-bond donors (Lipinski definition) is 0. The van der Waals surface area contributed by atoms with E-state index >= 15 is 0 Å². The third-order valence-electron chi connectivity index (χ3n) is 2.36. The van der Waals surface area contributed by atoms with Crippen LogP contribution in [0.25, 0.3) is 0 Å². The fraction of sp³-hybridized carbons (Fsp3) is 0.636. The quantitative estimate of drug-likeness (QED) is 0.643. The third kappa shape index (κ3) is 4.15. The lowest BCUT2D eigenvalue weighted by Gasteiger charge is -2.12. The van der Waals surface area contributed by atoms with Crippen molar-refractivity contribution in [2.24, 2.45) is 5.92 Å². The minimum Gasteiger partial charge on any atom is -0.149 e. The molecule has 0 radical (unpaired) electrons. The van der Waals surface area contributed by atoms with Crippen LogP contribution in [0.5, 0.6) is 0 Å². The van der Waals surface area contributed by atoms with Gasteiger partial charge in [0.2, 0.25) is 0 Å². The van der Waals surface area contributed by atoms with Crippen LogP contribution in [0.3, 0.4) is 0 Å². The molecule has 0 saturated heterocycles. The Morgan fingerprint density at radius 3 is 2.85 bits per heavy atom. The van der Waals surface area contributed by atoms with Crippen LogP contribution in [0.4, 0.5) is 0 Å². The van der Waals surface area contributed by atoms with Gasteiger partial charge in [-0.15, -0.1) is 22.9 Å². The van der Waals surface area contributed by atoms with Crippen molar-refractivity contribution in [2.75, 3.05) is 0 Å². The van der Waals surface area contributed by atoms with Gasteiger partial charge in [0, 0.05) is 10.3 Å². The summed E-state index contributed by atoms with van der Waals surface area (Å²) < 4.78 is 0. The Bertz CT molecular complexity index is 218. The molecule has 74 valence electrons. The summed E-state index contributed by atoms with van der Waals surface area (Å²) in [5, 5.41) is 2.43. The summed E-state index contributed by atoms with van der Waals surface area (Å²) in [6.45, 7) is 4.49. The Balaban J connectivity index is 2.29. The largest absolute Gasteiger partial charge is 0.149 e. The minimum atomic E-state index is 0.314. The van der Waals surface area contributed by atoms with E-state index in [1.54, 1.807) is 11.3 Å². The summed E-state index contributed by atoms with van der Waals surface area (Å²) in [6, 6.07) is 4.25. The zero-order chi connectivity index (χ0) is 9.68. The van der Waals surface area contributed by atoms with Crippen molar-refractivity contribution in [1.82, 2.24) is 0 Å². The maximum atomic E-state index is 6.25. The zero-order valence-electron chi connectivity index (χ0n) is 8.29. The third-order valence-corrected chi connectivity index (χ3v) is 3.59. The van der Waals surface area contributed by atoms with Crippen LogP contribution >= 0.6 is 22.9 Å². The first-order chi connectivity index (χ1) is 6.22. The molecule has 1 rings (SSSR count). The van der Waals surface area contributed by atoms with Crippen LogP contribution in [0, 0.1) is 5.92 Å². The molecular weight excluding hydrogens is 200 g/mol. The van der Waals surface area contributed by atoms with Gasteiger partial charge < -0.3 is 0 Å². The van der Waals surface area contributed by atoms with Gasteiger partial charge in [0.15, 0.2) is 0 Å².